The second-order valence-corrected chi connectivity index (χ2v) is 6.20. The van der Waals surface area contributed by atoms with E-state index in [4.69, 9.17) is 11.3 Å². The van der Waals surface area contributed by atoms with Crippen molar-refractivity contribution >= 4 is 5.91 Å². The number of carbonyl (C=O) groups is 1. The van der Waals surface area contributed by atoms with Crippen LogP contribution in [0.5, 0.6) is 5.75 Å². The molecule has 1 saturated heterocycles. The molecule has 1 amide bonds. The highest BCUT2D eigenvalue weighted by Crippen LogP contribution is 2.42. The molecule has 1 N–H and O–H groups in total. The molecule has 0 unspecified atom stereocenters. The number of benzene rings is 1. The van der Waals surface area contributed by atoms with Crippen LogP contribution in [0.3, 0.4) is 0 Å². The van der Waals surface area contributed by atoms with Crippen molar-refractivity contribution in [2.24, 2.45) is 0 Å². The number of carbonyl (C=O) groups excluding carboxylic acids is 1. The molecule has 5 nitrogen and oxygen atoms in total. The molecule has 0 aromatic heterocycles. The van der Waals surface area contributed by atoms with E-state index >= 15 is 0 Å². The molecule has 2 heterocycles. The van der Waals surface area contributed by atoms with E-state index in [0.717, 1.165) is 0 Å². The number of rotatable bonds is 1. The molecule has 3 rings (SSSR count). The number of hydrogen-bond donors (Lipinski definition) is 1. The Morgan fingerprint density at radius 3 is 2.74 bits per heavy atom. The molecule has 1 fully saturated rings. The number of para-hydroxylation sites is 1. The Labute approximate surface area is 133 Å². The summed E-state index contributed by atoms with van der Waals surface area (Å²) < 4.78 is 34.4. The summed E-state index contributed by atoms with van der Waals surface area (Å²) in [4.78, 5) is 17.8. The number of nitrogens with zero attached hydrogens (tertiary/aromatic N) is 2. The van der Waals surface area contributed by atoms with Gasteiger partial charge in [-0.3, -0.25) is 15.0 Å². The third kappa shape index (κ3) is 2.43. The first-order valence-corrected chi connectivity index (χ1v) is 7.40. The zero-order valence-corrected chi connectivity index (χ0v) is 12.8. The van der Waals surface area contributed by atoms with Gasteiger partial charge in [-0.2, -0.15) is 8.78 Å². The highest BCUT2D eigenvalue weighted by Gasteiger charge is 2.59. The first kappa shape index (κ1) is 15.7. The maximum absolute atomic E-state index is 14.3. The lowest BCUT2D eigenvalue weighted by molar-refractivity contribution is -0.145. The number of ether oxygens (including phenoxy) is 1. The van der Waals surface area contributed by atoms with Crippen LogP contribution in [-0.2, 0) is 10.8 Å². The number of nitrogens with one attached hydrogen (secondary N) is 1. The van der Waals surface area contributed by atoms with Crippen molar-refractivity contribution in [3.8, 4) is 5.75 Å². The summed E-state index contributed by atoms with van der Waals surface area (Å²) >= 11 is 0. The third-order valence-electron chi connectivity index (χ3n) is 4.36. The summed E-state index contributed by atoms with van der Waals surface area (Å²) in [6.07, 6.45) is -0.509. The molecule has 2 aliphatic rings. The molecule has 1 aromatic rings. The molecular formula is C16H17F2N3O2. The predicted octanol–water partition coefficient (Wildman–Crippen LogP) is 2.34. The minimum atomic E-state index is -3.50. The van der Waals surface area contributed by atoms with Crippen LogP contribution in [0.25, 0.3) is 4.85 Å². The number of amides is 1. The third-order valence-corrected chi connectivity index (χ3v) is 4.36. The van der Waals surface area contributed by atoms with Crippen molar-refractivity contribution in [1.29, 1.82) is 0 Å². The molecule has 0 radical (unpaired) electrons. The Morgan fingerprint density at radius 2 is 2.13 bits per heavy atom. The Hall–Kier alpha value is -2.20. The van der Waals surface area contributed by atoms with Crippen molar-refractivity contribution in [3.05, 3.63) is 41.2 Å². The highest BCUT2D eigenvalue weighted by atomic mass is 19.3. The quantitative estimate of drug-likeness (QED) is 0.638. The van der Waals surface area contributed by atoms with Crippen molar-refractivity contribution in [2.75, 3.05) is 6.54 Å². The van der Waals surface area contributed by atoms with Crippen LogP contribution in [0.15, 0.2) is 24.3 Å². The van der Waals surface area contributed by atoms with Gasteiger partial charge < -0.3 is 4.74 Å². The van der Waals surface area contributed by atoms with Gasteiger partial charge in [0.05, 0.1) is 18.5 Å². The molecular weight excluding hydrogens is 304 g/mol. The lowest BCUT2D eigenvalue weighted by Crippen LogP contribution is -2.54. The first-order valence-electron chi connectivity index (χ1n) is 7.40. The maximum Gasteiger partial charge on any atom is 0.356 e. The second kappa shape index (κ2) is 5.17. The van der Waals surface area contributed by atoms with Gasteiger partial charge in [0.25, 0.3) is 12.1 Å². The normalized spacial score (nSPS) is 29.6. The molecule has 1 spiro atoms. The molecule has 2 aliphatic heterocycles. The van der Waals surface area contributed by atoms with Gasteiger partial charge in [-0.1, -0.05) is 12.1 Å². The van der Waals surface area contributed by atoms with Crippen molar-refractivity contribution in [1.82, 2.24) is 10.2 Å². The highest BCUT2D eigenvalue weighted by molar-refractivity contribution is 5.88. The van der Waals surface area contributed by atoms with Crippen LogP contribution in [0.2, 0.25) is 0 Å². The predicted molar refractivity (Wildman–Crippen MR) is 78.7 cm³/mol. The smallest absolute Gasteiger partial charge is 0.356 e. The number of halogens is 2. The van der Waals surface area contributed by atoms with E-state index in [1.54, 1.807) is 16.3 Å². The van der Waals surface area contributed by atoms with Crippen molar-refractivity contribution < 1.29 is 18.3 Å². The number of likely N-dealkylation sites (tertiary alicyclic amines) is 1. The fraction of sp³-hybridized carbons (Fsp3) is 0.500. The van der Waals surface area contributed by atoms with Gasteiger partial charge in [-0.25, -0.2) is 11.5 Å². The van der Waals surface area contributed by atoms with Gasteiger partial charge in [-0.15, -0.1) is 0 Å². The van der Waals surface area contributed by atoms with Gasteiger partial charge in [0, 0.05) is 6.04 Å². The van der Waals surface area contributed by atoms with E-state index in [0.29, 0.717) is 0 Å². The van der Waals surface area contributed by atoms with E-state index in [9.17, 15) is 13.6 Å². The molecule has 7 heteroatoms. The largest absolute Gasteiger partial charge is 0.475 e. The minimum Gasteiger partial charge on any atom is -0.475 e. The van der Waals surface area contributed by atoms with Crippen LogP contribution < -0.4 is 10.1 Å². The summed E-state index contributed by atoms with van der Waals surface area (Å²) in [5.74, 6) is -0.902. The van der Waals surface area contributed by atoms with E-state index in [-0.39, 0.29) is 30.3 Å². The van der Waals surface area contributed by atoms with E-state index in [2.05, 4.69) is 4.85 Å². The summed E-state index contributed by atoms with van der Waals surface area (Å²) in [5, 5.41) is 1.78. The van der Waals surface area contributed by atoms with Crippen LogP contribution in [0.1, 0.15) is 25.8 Å². The van der Waals surface area contributed by atoms with Crippen LogP contribution in [-0.4, -0.2) is 35.2 Å². The fourth-order valence-corrected chi connectivity index (χ4v) is 3.16. The lowest BCUT2D eigenvalue weighted by Gasteiger charge is -2.27. The SMILES string of the molecule is [C-]#[N+][C@@H]1C[C@]2(CN1C(C)C)Oc1ccccc1C(F)(F)NC2=O. The molecule has 122 valence electrons. The van der Waals surface area contributed by atoms with E-state index < -0.39 is 23.7 Å². The monoisotopic (exact) mass is 321 g/mol. The summed E-state index contributed by atoms with van der Waals surface area (Å²) in [6.45, 7) is 11.2. The van der Waals surface area contributed by atoms with E-state index in [1.807, 2.05) is 13.8 Å². The summed E-state index contributed by atoms with van der Waals surface area (Å²) in [7, 11) is 0. The van der Waals surface area contributed by atoms with Crippen LogP contribution in [0.4, 0.5) is 8.78 Å². The summed E-state index contributed by atoms with van der Waals surface area (Å²) in [6, 6.07) is 2.21. The van der Waals surface area contributed by atoms with Crippen molar-refractivity contribution in [3.63, 3.8) is 0 Å². The Morgan fingerprint density at radius 1 is 1.43 bits per heavy atom. The molecule has 2 atom stereocenters. The Kier molecular flexibility index (Phi) is 3.52. The minimum absolute atomic E-state index is 0.00359. The van der Waals surface area contributed by atoms with Gasteiger partial charge in [0.1, 0.15) is 5.75 Å². The number of hydrogen-bond acceptors (Lipinski definition) is 3. The fourth-order valence-electron chi connectivity index (χ4n) is 3.16. The zero-order chi connectivity index (χ0) is 16.8. The second-order valence-electron chi connectivity index (χ2n) is 6.20. The Balaban J connectivity index is 2.05. The lowest BCUT2D eigenvalue weighted by atomic mass is 10.0. The van der Waals surface area contributed by atoms with Gasteiger partial charge >= 0.3 is 6.05 Å². The van der Waals surface area contributed by atoms with Gasteiger partial charge in [0.15, 0.2) is 0 Å². The van der Waals surface area contributed by atoms with Crippen LogP contribution >= 0.6 is 0 Å². The van der Waals surface area contributed by atoms with Crippen molar-refractivity contribution in [2.45, 2.75) is 44.1 Å². The standard InChI is InChI=1S/C16H17F2N3O2/c1-10(2)21-9-15(8-13(21)19-3)14(22)20-16(17,18)11-6-4-5-7-12(11)23-15/h4-7,10,13H,8-9H2,1-2H3,(H,20,22)/t13-,15+/m0/s1. The Bertz CT molecular complexity index is 686. The number of fused-ring (bicyclic) bond motifs is 1. The van der Waals surface area contributed by atoms with E-state index in [1.165, 1.54) is 18.2 Å². The number of alkyl halides is 2. The molecule has 0 aliphatic carbocycles. The maximum atomic E-state index is 14.3. The average molecular weight is 321 g/mol. The van der Waals surface area contributed by atoms with Gasteiger partial charge in [-0.05, 0) is 26.0 Å². The van der Waals surface area contributed by atoms with Crippen LogP contribution in [0, 0.1) is 6.57 Å². The molecule has 1 aromatic carbocycles. The zero-order valence-electron chi connectivity index (χ0n) is 12.8. The first-order chi connectivity index (χ1) is 10.8. The van der Waals surface area contributed by atoms with Gasteiger partial charge in [0.2, 0.25) is 5.60 Å². The molecule has 23 heavy (non-hydrogen) atoms. The molecule has 0 bridgehead atoms. The summed E-state index contributed by atoms with van der Waals surface area (Å²) in [5.41, 5.74) is -1.84. The average Bonchev–Trinajstić information content (AvgIpc) is 2.84. The topological polar surface area (TPSA) is 45.9 Å². The molecule has 0 saturated carbocycles.